The largest absolute Gasteiger partial charge is 0.462 e. The molecule has 0 aromatic heterocycles. The first-order valence-corrected chi connectivity index (χ1v) is 9.60. The van der Waals surface area contributed by atoms with Crippen molar-refractivity contribution in [2.24, 2.45) is 0 Å². The summed E-state index contributed by atoms with van der Waals surface area (Å²) in [6, 6.07) is 4.75. The zero-order chi connectivity index (χ0) is 17.2. The third kappa shape index (κ3) is 3.44. The van der Waals surface area contributed by atoms with Crippen LogP contribution < -0.4 is 4.90 Å². The average Bonchev–Trinajstić information content (AvgIpc) is 2.60. The molecule has 0 radical (unpaired) electrons. The van der Waals surface area contributed by atoms with Gasteiger partial charge in [-0.15, -0.1) is 0 Å². The van der Waals surface area contributed by atoms with Crippen LogP contribution in [0.2, 0.25) is 0 Å². The van der Waals surface area contributed by atoms with Gasteiger partial charge in [0.15, 0.2) is 0 Å². The Morgan fingerprint density at radius 2 is 1.76 bits per heavy atom. The summed E-state index contributed by atoms with van der Waals surface area (Å²) in [5.74, 6) is 1.88. The van der Waals surface area contributed by atoms with Crippen molar-refractivity contribution in [2.45, 2.75) is 46.0 Å². The lowest BCUT2D eigenvalue weighted by molar-refractivity contribution is 0.318. The smallest absolute Gasteiger partial charge is 0.127 e. The standard InChI is InChI=1S/C23H27NO/c1-3-6-18-13-17(2)25-22(16-18)10-9-19-14-20-7-4-11-24-12-5-8-21(15-19)23(20)24/h6,9-10,13-16H,3-5,7-8,11-12H2,1-2H3/b10-9+,18-6-. The van der Waals surface area contributed by atoms with E-state index in [1.165, 1.54) is 66.7 Å². The fourth-order valence-corrected chi connectivity index (χ4v) is 4.23. The third-order valence-corrected chi connectivity index (χ3v) is 5.19. The maximum atomic E-state index is 5.87. The average molecular weight is 333 g/mol. The van der Waals surface area contributed by atoms with E-state index in [0.29, 0.717) is 0 Å². The fourth-order valence-electron chi connectivity index (χ4n) is 4.23. The summed E-state index contributed by atoms with van der Waals surface area (Å²) in [5, 5.41) is 0. The zero-order valence-electron chi connectivity index (χ0n) is 15.3. The van der Waals surface area contributed by atoms with Crippen molar-refractivity contribution in [3.8, 4) is 0 Å². The number of hydrogen-bond acceptors (Lipinski definition) is 2. The van der Waals surface area contributed by atoms with Crippen LogP contribution in [0, 0.1) is 0 Å². The number of aryl methyl sites for hydroxylation is 2. The lowest BCUT2D eigenvalue weighted by Crippen LogP contribution is -2.34. The number of hydrogen-bond donors (Lipinski definition) is 0. The molecular weight excluding hydrogens is 306 g/mol. The minimum Gasteiger partial charge on any atom is -0.462 e. The molecule has 25 heavy (non-hydrogen) atoms. The van der Waals surface area contributed by atoms with E-state index in [1.807, 2.05) is 6.92 Å². The molecule has 2 nitrogen and oxygen atoms in total. The third-order valence-electron chi connectivity index (χ3n) is 5.19. The monoisotopic (exact) mass is 333 g/mol. The molecule has 3 aliphatic rings. The van der Waals surface area contributed by atoms with Gasteiger partial charge in [-0.3, -0.25) is 0 Å². The Labute approximate surface area is 151 Å². The number of anilines is 1. The normalized spacial score (nSPS) is 21.0. The Bertz CT molecular complexity index is 763. The highest BCUT2D eigenvalue weighted by Crippen LogP contribution is 2.36. The van der Waals surface area contributed by atoms with Gasteiger partial charge in [-0.2, -0.15) is 0 Å². The summed E-state index contributed by atoms with van der Waals surface area (Å²) in [6.45, 7) is 6.64. The molecule has 0 fully saturated rings. The molecule has 3 heterocycles. The van der Waals surface area contributed by atoms with Crippen LogP contribution in [-0.4, -0.2) is 13.1 Å². The number of nitrogens with zero attached hydrogens (tertiary/aromatic N) is 1. The van der Waals surface area contributed by atoms with Gasteiger partial charge in [-0.05, 0) is 91.7 Å². The quantitative estimate of drug-likeness (QED) is 0.719. The van der Waals surface area contributed by atoms with E-state index in [9.17, 15) is 0 Å². The number of ether oxygens (including phenoxy) is 1. The first-order valence-electron chi connectivity index (χ1n) is 9.60. The Balaban J connectivity index is 1.61. The summed E-state index contributed by atoms with van der Waals surface area (Å²) >= 11 is 0. The number of allylic oxidation sites excluding steroid dienone is 6. The highest BCUT2D eigenvalue weighted by molar-refractivity contribution is 5.68. The highest BCUT2D eigenvalue weighted by atomic mass is 16.5. The molecular formula is C23H27NO. The van der Waals surface area contributed by atoms with Crippen LogP contribution in [-0.2, 0) is 17.6 Å². The van der Waals surface area contributed by atoms with Gasteiger partial charge in [0.05, 0.1) is 0 Å². The first kappa shape index (κ1) is 16.3. The molecule has 0 aliphatic carbocycles. The predicted octanol–water partition coefficient (Wildman–Crippen LogP) is 5.55. The second kappa shape index (κ2) is 6.95. The van der Waals surface area contributed by atoms with Gasteiger partial charge >= 0.3 is 0 Å². The Morgan fingerprint density at radius 1 is 1.04 bits per heavy atom. The Hall–Kier alpha value is -2.22. The van der Waals surface area contributed by atoms with Gasteiger partial charge in [0.2, 0.25) is 0 Å². The summed E-state index contributed by atoms with van der Waals surface area (Å²) in [6.07, 6.45) is 16.8. The lowest BCUT2D eigenvalue weighted by atomic mass is 9.90. The second-order valence-electron chi connectivity index (χ2n) is 7.23. The van der Waals surface area contributed by atoms with Gasteiger partial charge in [-0.25, -0.2) is 0 Å². The van der Waals surface area contributed by atoms with Crippen LogP contribution in [0.15, 0.2) is 53.5 Å². The van der Waals surface area contributed by atoms with E-state index in [4.69, 9.17) is 4.74 Å². The molecule has 0 saturated carbocycles. The van der Waals surface area contributed by atoms with Crippen LogP contribution in [0.3, 0.4) is 0 Å². The Morgan fingerprint density at radius 3 is 2.44 bits per heavy atom. The molecule has 0 amide bonds. The zero-order valence-corrected chi connectivity index (χ0v) is 15.3. The van der Waals surface area contributed by atoms with Gasteiger partial charge in [0.25, 0.3) is 0 Å². The van der Waals surface area contributed by atoms with E-state index >= 15 is 0 Å². The molecule has 0 N–H and O–H groups in total. The second-order valence-corrected chi connectivity index (χ2v) is 7.23. The minimum absolute atomic E-state index is 0.924. The summed E-state index contributed by atoms with van der Waals surface area (Å²) in [7, 11) is 0. The maximum absolute atomic E-state index is 5.87. The highest BCUT2D eigenvalue weighted by Gasteiger charge is 2.23. The van der Waals surface area contributed by atoms with Crippen molar-refractivity contribution in [3.05, 3.63) is 70.2 Å². The molecule has 130 valence electrons. The van der Waals surface area contributed by atoms with Gasteiger partial charge < -0.3 is 9.64 Å². The van der Waals surface area contributed by atoms with Crippen molar-refractivity contribution < 1.29 is 4.74 Å². The van der Waals surface area contributed by atoms with Crippen molar-refractivity contribution in [1.82, 2.24) is 0 Å². The van der Waals surface area contributed by atoms with E-state index in [-0.39, 0.29) is 0 Å². The molecule has 0 saturated heterocycles. The van der Waals surface area contributed by atoms with E-state index < -0.39 is 0 Å². The van der Waals surface area contributed by atoms with Crippen LogP contribution >= 0.6 is 0 Å². The van der Waals surface area contributed by atoms with Crippen LogP contribution in [0.5, 0.6) is 0 Å². The number of rotatable bonds is 3. The van der Waals surface area contributed by atoms with Gasteiger partial charge in [-0.1, -0.05) is 19.1 Å². The first-order chi connectivity index (χ1) is 12.2. The SMILES string of the molecule is CC/C=C1/C=C(C)OC(/C=C/c2cc3c4c(c2)CCCN4CCC3)=C1. The molecule has 0 atom stereocenters. The maximum Gasteiger partial charge on any atom is 0.127 e. The van der Waals surface area contributed by atoms with Crippen LogP contribution in [0.25, 0.3) is 6.08 Å². The Kier molecular flexibility index (Phi) is 4.52. The molecule has 0 bridgehead atoms. The van der Waals surface area contributed by atoms with E-state index in [0.717, 1.165) is 17.9 Å². The molecule has 0 spiro atoms. The molecule has 0 unspecified atom stereocenters. The molecule has 1 aromatic rings. The van der Waals surface area contributed by atoms with Gasteiger partial charge in [0, 0.05) is 18.8 Å². The van der Waals surface area contributed by atoms with Crippen molar-refractivity contribution in [1.29, 1.82) is 0 Å². The summed E-state index contributed by atoms with van der Waals surface area (Å²) in [4.78, 5) is 2.59. The number of benzene rings is 1. The van der Waals surface area contributed by atoms with Gasteiger partial charge in [0.1, 0.15) is 11.5 Å². The van der Waals surface area contributed by atoms with Crippen LogP contribution in [0.4, 0.5) is 5.69 Å². The van der Waals surface area contributed by atoms with Crippen LogP contribution in [0.1, 0.15) is 49.8 Å². The molecule has 4 rings (SSSR count). The van der Waals surface area contributed by atoms with Crippen molar-refractivity contribution in [2.75, 3.05) is 18.0 Å². The molecule has 2 heteroatoms. The minimum atomic E-state index is 0.924. The topological polar surface area (TPSA) is 12.5 Å². The molecule has 1 aromatic carbocycles. The fraction of sp³-hybridized carbons (Fsp3) is 0.391. The molecule has 3 aliphatic heterocycles. The van der Waals surface area contributed by atoms with E-state index in [1.54, 1.807) is 0 Å². The van der Waals surface area contributed by atoms with E-state index in [2.05, 4.69) is 54.3 Å². The van der Waals surface area contributed by atoms with Crippen molar-refractivity contribution >= 4 is 11.8 Å². The lowest BCUT2D eigenvalue weighted by Gasteiger charge is -2.37. The summed E-state index contributed by atoms with van der Waals surface area (Å²) in [5.41, 5.74) is 7.14. The van der Waals surface area contributed by atoms with Crippen molar-refractivity contribution in [3.63, 3.8) is 0 Å². The summed E-state index contributed by atoms with van der Waals surface area (Å²) < 4.78 is 5.87. The predicted molar refractivity (Wildman–Crippen MR) is 106 cm³/mol.